The standard InChI is InChI=1S/C20H13Cl2NO3/c1-25-19-9-14-12-4-2-3-5-17(12)26-18(14)10-16(19)23-20(24)13-7-6-11(21)8-15(13)22/h2-10H,1H3,(H,23,24). The Balaban J connectivity index is 1.77. The molecule has 6 heteroatoms. The highest BCUT2D eigenvalue weighted by Crippen LogP contribution is 2.36. The van der Waals surface area contributed by atoms with Gasteiger partial charge in [0.05, 0.1) is 23.4 Å². The van der Waals surface area contributed by atoms with E-state index in [0.29, 0.717) is 27.6 Å². The van der Waals surface area contributed by atoms with E-state index < -0.39 is 0 Å². The first kappa shape index (κ1) is 16.8. The number of furan rings is 1. The number of fused-ring (bicyclic) bond motifs is 3. The zero-order valence-electron chi connectivity index (χ0n) is 13.7. The molecule has 4 aromatic rings. The predicted molar refractivity (Wildman–Crippen MR) is 105 cm³/mol. The van der Waals surface area contributed by atoms with Crippen LogP contribution >= 0.6 is 23.2 Å². The molecule has 0 unspecified atom stereocenters. The molecule has 0 aliphatic heterocycles. The highest BCUT2D eigenvalue weighted by Gasteiger charge is 2.16. The summed E-state index contributed by atoms with van der Waals surface area (Å²) in [6.07, 6.45) is 0. The van der Waals surface area contributed by atoms with E-state index in [0.717, 1.165) is 16.4 Å². The minimum atomic E-state index is -0.361. The Morgan fingerprint density at radius 3 is 2.58 bits per heavy atom. The van der Waals surface area contributed by atoms with Gasteiger partial charge in [-0.3, -0.25) is 4.79 Å². The maximum Gasteiger partial charge on any atom is 0.257 e. The number of halogens is 2. The zero-order valence-corrected chi connectivity index (χ0v) is 15.2. The molecule has 1 heterocycles. The van der Waals surface area contributed by atoms with Crippen LogP contribution in [0.4, 0.5) is 5.69 Å². The molecule has 0 radical (unpaired) electrons. The lowest BCUT2D eigenvalue weighted by molar-refractivity contribution is 0.102. The van der Waals surface area contributed by atoms with Gasteiger partial charge in [0.1, 0.15) is 16.9 Å². The van der Waals surface area contributed by atoms with E-state index in [-0.39, 0.29) is 10.9 Å². The highest BCUT2D eigenvalue weighted by atomic mass is 35.5. The Kier molecular flexibility index (Phi) is 4.23. The number of amides is 1. The maximum atomic E-state index is 12.6. The Hall–Kier alpha value is -2.69. The van der Waals surface area contributed by atoms with E-state index in [1.54, 1.807) is 25.3 Å². The number of benzene rings is 3. The molecule has 26 heavy (non-hydrogen) atoms. The van der Waals surface area contributed by atoms with Gasteiger partial charge in [0.25, 0.3) is 5.91 Å². The summed E-state index contributed by atoms with van der Waals surface area (Å²) in [4.78, 5) is 12.6. The van der Waals surface area contributed by atoms with Crippen LogP contribution in [0.15, 0.2) is 59.0 Å². The molecule has 0 saturated heterocycles. The summed E-state index contributed by atoms with van der Waals surface area (Å²) in [5.41, 5.74) is 2.25. The second kappa shape index (κ2) is 6.56. The van der Waals surface area contributed by atoms with Crippen molar-refractivity contribution >= 4 is 56.7 Å². The minimum absolute atomic E-state index is 0.277. The van der Waals surface area contributed by atoms with Crippen molar-refractivity contribution in [3.63, 3.8) is 0 Å². The van der Waals surface area contributed by atoms with E-state index in [1.807, 2.05) is 30.3 Å². The first-order chi connectivity index (χ1) is 12.6. The van der Waals surface area contributed by atoms with Gasteiger partial charge in [-0.1, -0.05) is 41.4 Å². The van der Waals surface area contributed by atoms with Gasteiger partial charge in [-0.15, -0.1) is 0 Å². The molecule has 130 valence electrons. The quantitative estimate of drug-likeness (QED) is 0.459. The molecule has 4 rings (SSSR count). The topological polar surface area (TPSA) is 51.5 Å². The molecule has 4 nitrogen and oxygen atoms in total. The number of hydrogen-bond acceptors (Lipinski definition) is 3. The molecule has 0 aliphatic carbocycles. The number of hydrogen-bond donors (Lipinski definition) is 1. The fourth-order valence-corrected chi connectivity index (χ4v) is 3.38. The predicted octanol–water partition coefficient (Wildman–Crippen LogP) is 6.15. The summed E-state index contributed by atoms with van der Waals surface area (Å²) >= 11 is 12.0. The number of anilines is 1. The monoisotopic (exact) mass is 385 g/mol. The SMILES string of the molecule is COc1cc2c(cc1NC(=O)c1ccc(Cl)cc1Cl)oc1ccccc12. The lowest BCUT2D eigenvalue weighted by Crippen LogP contribution is -2.13. The van der Waals surface area contributed by atoms with Crippen LogP contribution in [-0.2, 0) is 0 Å². The molecule has 0 spiro atoms. The van der Waals surface area contributed by atoms with Gasteiger partial charge in [0, 0.05) is 21.9 Å². The van der Waals surface area contributed by atoms with E-state index >= 15 is 0 Å². The lowest BCUT2D eigenvalue weighted by atomic mass is 10.1. The third-order valence-electron chi connectivity index (χ3n) is 4.12. The lowest BCUT2D eigenvalue weighted by Gasteiger charge is -2.11. The smallest absolute Gasteiger partial charge is 0.257 e. The molecule has 0 saturated carbocycles. The molecular formula is C20H13Cl2NO3. The van der Waals surface area contributed by atoms with Crippen molar-refractivity contribution in [2.45, 2.75) is 0 Å². The van der Waals surface area contributed by atoms with Gasteiger partial charge in [0.15, 0.2) is 0 Å². The number of para-hydroxylation sites is 1. The highest BCUT2D eigenvalue weighted by molar-refractivity contribution is 6.37. The summed E-state index contributed by atoms with van der Waals surface area (Å²) in [6, 6.07) is 16.0. The fraction of sp³-hybridized carbons (Fsp3) is 0.0500. The second-order valence-electron chi connectivity index (χ2n) is 5.73. The Bertz CT molecular complexity index is 1150. The first-order valence-corrected chi connectivity index (χ1v) is 8.58. The van der Waals surface area contributed by atoms with Crippen LogP contribution in [0.2, 0.25) is 10.0 Å². The van der Waals surface area contributed by atoms with Crippen LogP contribution in [0, 0.1) is 0 Å². The second-order valence-corrected chi connectivity index (χ2v) is 6.57. The van der Waals surface area contributed by atoms with Crippen molar-refractivity contribution in [2.75, 3.05) is 12.4 Å². The normalized spacial score (nSPS) is 11.0. The average Bonchev–Trinajstić information content (AvgIpc) is 2.98. The summed E-state index contributed by atoms with van der Waals surface area (Å²) in [7, 11) is 1.55. The number of carbonyl (C=O) groups is 1. The van der Waals surface area contributed by atoms with Crippen LogP contribution in [0.5, 0.6) is 5.75 Å². The van der Waals surface area contributed by atoms with Crippen LogP contribution in [0.3, 0.4) is 0 Å². The molecule has 1 amide bonds. The number of carbonyl (C=O) groups excluding carboxylic acids is 1. The summed E-state index contributed by atoms with van der Waals surface area (Å²) < 4.78 is 11.3. The van der Waals surface area contributed by atoms with Crippen molar-refractivity contribution in [3.8, 4) is 5.75 Å². The van der Waals surface area contributed by atoms with Crippen molar-refractivity contribution in [1.82, 2.24) is 0 Å². The van der Waals surface area contributed by atoms with E-state index in [4.69, 9.17) is 32.4 Å². The molecule has 0 bridgehead atoms. The molecule has 3 aromatic carbocycles. The van der Waals surface area contributed by atoms with E-state index in [9.17, 15) is 4.79 Å². The third kappa shape index (κ3) is 2.87. The number of rotatable bonds is 3. The Morgan fingerprint density at radius 2 is 1.81 bits per heavy atom. The van der Waals surface area contributed by atoms with Gasteiger partial charge in [-0.25, -0.2) is 0 Å². The van der Waals surface area contributed by atoms with Crippen molar-refractivity contribution in [2.24, 2.45) is 0 Å². The molecule has 0 aliphatic rings. The van der Waals surface area contributed by atoms with Crippen LogP contribution < -0.4 is 10.1 Å². The van der Waals surface area contributed by atoms with Crippen molar-refractivity contribution < 1.29 is 13.9 Å². The van der Waals surface area contributed by atoms with E-state index in [2.05, 4.69) is 5.32 Å². The molecular weight excluding hydrogens is 373 g/mol. The van der Waals surface area contributed by atoms with Crippen LogP contribution in [-0.4, -0.2) is 13.0 Å². The van der Waals surface area contributed by atoms with Gasteiger partial charge in [-0.2, -0.15) is 0 Å². The molecule has 1 aromatic heterocycles. The van der Waals surface area contributed by atoms with Gasteiger partial charge < -0.3 is 14.5 Å². The van der Waals surface area contributed by atoms with Crippen molar-refractivity contribution in [3.05, 3.63) is 70.2 Å². The number of methoxy groups -OCH3 is 1. The van der Waals surface area contributed by atoms with Gasteiger partial charge in [0.2, 0.25) is 0 Å². The van der Waals surface area contributed by atoms with Crippen molar-refractivity contribution in [1.29, 1.82) is 0 Å². The summed E-state index contributed by atoms with van der Waals surface area (Å²) in [5, 5.41) is 5.47. The van der Waals surface area contributed by atoms with Gasteiger partial charge in [-0.05, 0) is 30.3 Å². The molecule has 0 atom stereocenters. The largest absolute Gasteiger partial charge is 0.495 e. The number of ether oxygens (including phenoxy) is 1. The summed E-state index contributed by atoms with van der Waals surface area (Å²) in [6.45, 7) is 0. The van der Waals surface area contributed by atoms with E-state index in [1.165, 1.54) is 6.07 Å². The molecule has 0 fully saturated rings. The van der Waals surface area contributed by atoms with Gasteiger partial charge >= 0.3 is 0 Å². The fourth-order valence-electron chi connectivity index (χ4n) is 2.88. The first-order valence-electron chi connectivity index (χ1n) is 7.82. The minimum Gasteiger partial charge on any atom is -0.495 e. The zero-order chi connectivity index (χ0) is 18.3. The Morgan fingerprint density at radius 1 is 1.00 bits per heavy atom. The summed E-state index contributed by atoms with van der Waals surface area (Å²) in [5.74, 6) is 0.169. The number of nitrogens with one attached hydrogen (secondary N) is 1. The van der Waals surface area contributed by atoms with Crippen LogP contribution in [0.25, 0.3) is 21.9 Å². The van der Waals surface area contributed by atoms with Crippen LogP contribution in [0.1, 0.15) is 10.4 Å². The molecule has 1 N–H and O–H groups in total. The maximum absolute atomic E-state index is 12.6. The average molecular weight is 386 g/mol. The third-order valence-corrected chi connectivity index (χ3v) is 4.67. The Labute approximate surface area is 159 Å².